The Kier molecular flexibility index (Phi) is 7.20. The van der Waals surface area contributed by atoms with Crippen LogP contribution in [0.3, 0.4) is 0 Å². The Bertz CT molecular complexity index is 1650. The Labute approximate surface area is 243 Å². The molecular weight excluding hydrogens is 541 g/mol. The normalized spacial score (nSPS) is 16.7. The zero-order valence-corrected chi connectivity index (χ0v) is 24.2. The van der Waals surface area contributed by atoms with Crippen LogP contribution in [0.1, 0.15) is 67.7 Å². The molecular formula is C31H33F3N8. The lowest BCUT2D eigenvalue weighted by atomic mass is 9.96. The van der Waals surface area contributed by atoms with Crippen molar-refractivity contribution in [1.29, 1.82) is 5.26 Å². The molecule has 0 unspecified atom stereocenters. The Morgan fingerprint density at radius 2 is 1.90 bits per heavy atom. The fraction of sp³-hybridized carbons (Fsp3) is 0.387. The van der Waals surface area contributed by atoms with Gasteiger partial charge in [-0.3, -0.25) is 15.0 Å². The molecule has 0 radical (unpaired) electrons. The van der Waals surface area contributed by atoms with E-state index < -0.39 is 17.8 Å². The molecule has 0 spiro atoms. The van der Waals surface area contributed by atoms with Gasteiger partial charge in [0.05, 0.1) is 34.1 Å². The average Bonchev–Trinajstić information content (AvgIpc) is 3.61. The van der Waals surface area contributed by atoms with Crippen molar-refractivity contribution >= 4 is 22.3 Å². The number of nitrogens with one attached hydrogen (secondary N) is 4. The summed E-state index contributed by atoms with van der Waals surface area (Å²) in [7, 11) is 0. The van der Waals surface area contributed by atoms with E-state index >= 15 is 0 Å². The van der Waals surface area contributed by atoms with Crippen molar-refractivity contribution < 1.29 is 13.2 Å². The lowest BCUT2D eigenvalue weighted by Crippen LogP contribution is -2.52. The van der Waals surface area contributed by atoms with Gasteiger partial charge in [0, 0.05) is 47.0 Å². The third-order valence-electron chi connectivity index (χ3n) is 7.54. The largest absolute Gasteiger partial charge is 0.413 e. The molecule has 0 amide bonds. The maximum absolute atomic E-state index is 13.9. The van der Waals surface area contributed by atoms with Crippen LogP contribution < -0.4 is 21.6 Å². The summed E-state index contributed by atoms with van der Waals surface area (Å²) < 4.78 is 41.7. The van der Waals surface area contributed by atoms with Gasteiger partial charge in [0.15, 0.2) is 5.54 Å². The van der Waals surface area contributed by atoms with Crippen molar-refractivity contribution in [3.8, 4) is 18.4 Å². The summed E-state index contributed by atoms with van der Waals surface area (Å²) in [6.07, 6.45) is 4.46. The highest BCUT2D eigenvalue weighted by Crippen LogP contribution is 2.53. The van der Waals surface area contributed by atoms with Crippen LogP contribution in [-0.2, 0) is 0 Å². The van der Waals surface area contributed by atoms with E-state index in [0.29, 0.717) is 45.6 Å². The molecule has 1 fully saturated rings. The first-order valence-electron chi connectivity index (χ1n) is 13.6. The van der Waals surface area contributed by atoms with Gasteiger partial charge in [-0.05, 0) is 50.3 Å². The van der Waals surface area contributed by atoms with E-state index in [4.69, 9.17) is 6.42 Å². The molecule has 8 nitrogen and oxygen atoms in total. The summed E-state index contributed by atoms with van der Waals surface area (Å²) in [5.41, 5.74) is 9.07. The Balaban J connectivity index is 1.61. The van der Waals surface area contributed by atoms with E-state index in [0.717, 1.165) is 22.0 Å². The average molecular weight is 575 g/mol. The third kappa shape index (κ3) is 5.40. The molecule has 0 saturated heterocycles. The van der Waals surface area contributed by atoms with Gasteiger partial charge in [-0.15, -0.1) is 12.0 Å². The molecule has 5 rings (SSSR count). The first-order valence-corrected chi connectivity index (χ1v) is 13.6. The molecule has 1 aliphatic heterocycles. The molecule has 4 N–H and O–H groups in total. The van der Waals surface area contributed by atoms with E-state index in [-0.39, 0.29) is 18.3 Å². The number of anilines is 2. The van der Waals surface area contributed by atoms with Gasteiger partial charge < -0.3 is 16.1 Å². The predicted molar refractivity (Wildman–Crippen MR) is 157 cm³/mol. The molecule has 1 atom stereocenters. The number of terminal acetylenes is 1. The monoisotopic (exact) mass is 574 g/mol. The number of hydrazine groups is 2. The third-order valence-corrected chi connectivity index (χ3v) is 7.54. The van der Waals surface area contributed by atoms with Crippen LogP contribution in [0, 0.1) is 42.9 Å². The minimum atomic E-state index is -4.39. The second kappa shape index (κ2) is 10.4. The predicted octanol–water partition coefficient (Wildman–Crippen LogP) is 5.97. The number of aryl methyl sites for hydroxylation is 2. The molecule has 2 aromatic heterocycles. The summed E-state index contributed by atoms with van der Waals surface area (Å²) in [5.74, 6) is 2.68. The minimum Gasteiger partial charge on any atom is -0.383 e. The number of hydrogen-bond acceptors (Lipinski definition) is 8. The molecule has 11 heteroatoms. The lowest BCUT2D eigenvalue weighted by molar-refractivity contribution is -0.195. The first kappa shape index (κ1) is 29.0. The summed E-state index contributed by atoms with van der Waals surface area (Å²) >= 11 is 0. The summed E-state index contributed by atoms with van der Waals surface area (Å²) in [6, 6.07) is 8.90. The molecule has 2 aliphatic rings. The van der Waals surface area contributed by atoms with Crippen LogP contribution in [0.5, 0.6) is 0 Å². The van der Waals surface area contributed by atoms with Crippen molar-refractivity contribution in [1.82, 2.24) is 25.9 Å². The number of hydrogen-bond donors (Lipinski definition) is 4. The number of pyridine rings is 2. The Hall–Kier alpha value is -4.48. The van der Waals surface area contributed by atoms with E-state index in [1.165, 1.54) is 6.20 Å². The van der Waals surface area contributed by atoms with E-state index in [2.05, 4.69) is 64.3 Å². The van der Waals surface area contributed by atoms with Gasteiger partial charge in [-0.1, -0.05) is 32.8 Å². The number of halogens is 3. The number of rotatable bonds is 7. The number of nitriles is 1. The Morgan fingerprint density at radius 3 is 2.50 bits per heavy atom. The SMILES string of the molecule is C#Cc1cnc2c(C#N)cc(N[C@H](C3=CN(C4(C(F)(F)F)CC4)NN3)c3ccc(C)nc3C)cc2c1NCC(C)(C)C. The maximum atomic E-state index is 13.9. The molecule has 1 saturated carbocycles. The zero-order chi connectivity index (χ0) is 30.4. The van der Waals surface area contributed by atoms with E-state index in [1.807, 2.05) is 32.0 Å². The highest BCUT2D eigenvalue weighted by molar-refractivity contribution is 5.99. The van der Waals surface area contributed by atoms with E-state index in [9.17, 15) is 18.4 Å². The van der Waals surface area contributed by atoms with Crippen molar-refractivity contribution in [2.45, 2.75) is 65.2 Å². The van der Waals surface area contributed by atoms with Crippen molar-refractivity contribution in [2.24, 2.45) is 5.41 Å². The van der Waals surface area contributed by atoms with Crippen molar-refractivity contribution in [3.05, 3.63) is 70.4 Å². The molecule has 0 bridgehead atoms. The lowest BCUT2D eigenvalue weighted by Gasteiger charge is -2.28. The summed E-state index contributed by atoms with van der Waals surface area (Å²) in [6.45, 7) is 10.6. The minimum absolute atomic E-state index is 0.00320. The highest BCUT2D eigenvalue weighted by Gasteiger charge is 2.67. The van der Waals surface area contributed by atoms with Crippen LogP contribution in [0.15, 0.2) is 42.4 Å². The fourth-order valence-corrected chi connectivity index (χ4v) is 5.10. The van der Waals surface area contributed by atoms with Gasteiger partial charge in [-0.2, -0.15) is 18.4 Å². The zero-order valence-electron chi connectivity index (χ0n) is 24.2. The van der Waals surface area contributed by atoms with E-state index in [1.54, 1.807) is 12.3 Å². The van der Waals surface area contributed by atoms with Gasteiger partial charge in [0.25, 0.3) is 0 Å². The maximum Gasteiger partial charge on any atom is 0.413 e. The topological polar surface area (TPSA) is 101 Å². The van der Waals surface area contributed by atoms with Gasteiger partial charge in [-0.25, -0.2) is 0 Å². The van der Waals surface area contributed by atoms with Gasteiger partial charge in [0.1, 0.15) is 6.07 Å². The van der Waals surface area contributed by atoms with Crippen molar-refractivity contribution in [2.75, 3.05) is 17.2 Å². The summed E-state index contributed by atoms with van der Waals surface area (Å²) in [5, 5.41) is 18.7. The number of nitrogens with zero attached hydrogens (tertiary/aromatic N) is 4. The molecule has 218 valence electrons. The second-order valence-electron chi connectivity index (χ2n) is 12.1. The molecule has 42 heavy (non-hydrogen) atoms. The fourth-order valence-electron chi connectivity index (χ4n) is 5.10. The van der Waals surface area contributed by atoms with Crippen LogP contribution in [0.2, 0.25) is 0 Å². The van der Waals surface area contributed by atoms with Crippen LogP contribution in [-0.4, -0.2) is 33.2 Å². The first-order chi connectivity index (χ1) is 19.8. The quantitative estimate of drug-likeness (QED) is 0.256. The highest BCUT2D eigenvalue weighted by atomic mass is 19.4. The second-order valence-corrected chi connectivity index (χ2v) is 12.1. The number of benzene rings is 1. The molecule has 1 aliphatic carbocycles. The smallest absolute Gasteiger partial charge is 0.383 e. The van der Waals surface area contributed by atoms with Gasteiger partial charge >= 0.3 is 6.18 Å². The number of alkyl halides is 3. The number of aromatic nitrogens is 2. The molecule has 3 aromatic rings. The van der Waals surface area contributed by atoms with Gasteiger partial charge in [0.2, 0.25) is 0 Å². The Morgan fingerprint density at radius 1 is 1.17 bits per heavy atom. The molecule has 3 heterocycles. The summed E-state index contributed by atoms with van der Waals surface area (Å²) in [4.78, 5) is 9.08. The van der Waals surface area contributed by atoms with Crippen LogP contribution >= 0.6 is 0 Å². The number of fused-ring (bicyclic) bond motifs is 1. The van der Waals surface area contributed by atoms with Crippen molar-refractivity contribution in [3.63, 3.8) is 0 Å². The standard InChI is InChI=1S/C31H33F3N8/c1-7-20-15-36-27-21(14-35)12-22(13-24(27)26(20)37-17-29(4,5)6)39-28(23-9-8-18(2)38-19(23)3)25-16-42(41-40-25)30(10-11-30)31(32,33)34/h1,8-9,12-13,15-16,28,39-41H,10-11,17H2,2-6H3,(H,36,37)/t28-/m0/s1. The van der Waals surface area contributed by atoms with Crippen LogP contribution in [0.25, 0.3) is 10.9 Å². The molecule has 1 aromatic carbocycles. The van der Waals surface area contributed by atoms with Crippen LogP contribution in [0.4, 0.5) is 24.5 Å².